The number of benzene rings is 1. The van der Waals surface area contributed by atoms with E-state index in [1.54, 1.807) is 0 Å². The number of likely N-dealkylation sites (N-methyl/N-ethyl adjacent to an activating group) is 1. The quantitative estimate of drug-likeness (QED) is 0.785. The summed E-state index contributed by atoms with van der Waals surface area (Å²) in [6.45, 7) is 9.93. The molecule has 1 unspecified atom stereocenters. The third-order valence-corrected chi connectivity index (χ3v) is 2.90. The molecule has 0 spiro atoms. The molecule has 0 aromatic heterocycles. The van der Waals surface area contributed by atoms with Crippen LogP contribution in [0.5, 0.6) is 0 Å². The van der Waals surface area contributed by atoms with Gasteiger partial charge in [-0.05, 0) is 24.4 Å². The first-order valence-electron chi connectivity index (χ1n) is 6.63. The smallest absolute Gasteiger partial charge is 0.0208 e. The Morgan fingerprint density at radius 2 is 1.76 bits per heavy atom. The van der Waals surface area contributed by atoms with Gasteiger partial charge in [0.05, 0.1) is 0 Å². The Bertz CT molecular complexity index is 295. The maximum absolute atomic E-state index is 6.22. The van der Waals surface area contributed by atoms with Crippen LogP contribution in [0.15, 0.2) is 30.3 Å². The minimum absolute atomic E-state index is 0.232. The Morgan fingerprint density at radius 3 is 2.29 bits per heavy atom. The maximum atomic E-state index is 6.22. The molecule has 0 aliphatic rings. The summed E-state index contributed by atoms with van der Waals surface area (Å²) >= 11 is 0. The first-order valence-corrected chi connectivity index (χ1v) is 6.63. The lowest BCUT2D eigenvalue weighted by molar-refractivity contribution is 0.240. The molecule has 2 nitrogen and oxygen atoms in total. The normalized spacial score (nSPS) is 13.3. The summed E-state index contributed by atoms with van der Waals surface area (Å²) in [7, 11) is 0. The van der Waals surface area contributed by atoms with Gasteiger partial charge < -0.3 is 10.6 Å². The van der Waals surface area contributed by atoms with Crippen LogP contribution in [0.25, 0.3) is 0 Å². The number of hydrogen-bond acceptors (Lipinski definition) is 2. The van der Waals surface area contributed by atoms with Crippen molar-refractivity contribution in [1.82, 2.24) is 4.90 Å². The summed E-state index contributed by atoms with van der Waals surface area (Å²) in [6.07, 6.45) is 0.968. The second kappa shape index (κ2) is 7.46. The van der Waals surface area contributed by atoms with Crippen LogP contribution in [-0.2, 0) is 6.42 Å². The second-order valence-electron chi connectivity index (χ2n) is 5.20. The van der Waals surface area contributed by atoms with Crippen molar-refractivity contribution in [3.8, 4) is 0 Å². The zero-order valence-corrected chi connectivity index (χ0v) is 11.4. The fourth-order valence-corrected chi connectivity index (χ4v) is 2.16. The molecule has 0 saturated heterocycles. The Hall–Kier alpha value is -0.860. The predicted octanol–water partition coefficient (Wildman–Crippen LogP) is 2.53. The zero-order chi connectivity index (χ0) is 12.7. The molecule has 2 N–H and O–H groups in total. The van der Waals surface area contributed by atoms with E-state index in [1.165, 1.54) is 5.56 Å². The van der Waals surface area contributed by atoms with Crippen LogP contribution in [0, 0.1) is 5.92 Å². The van der Waals surface area contributed by atoms with Crippen molar-refractivity contribution in [1.29, 1.82) is 0 Å². The Balaban J connectivity index is 2.40. The van der Waals surface area contributed by atoms with Gasteiger partial charge in [0.25, 0.3) is 0 Å². The van der Waals surface area contributed by atoms with Gasteiger partial charge in [-0.1, -0.05) is 51.1 Å². The third kappa shape index (κ3) is 5.85. The van der Waals surface area contributed by atoms with E-state index in [-0.39, 0.29) is 6.04 Å². The Kier molecular flexibility index (Phi) is 6.23. The Labute approximate surface area is 106 Å². The largest absolute Gasteiger partial charge is 0.326 e. The van der Waals surface area contributed by atoms with Gasteiger partial charge >= 0.3 is 0 Å². The lowest BCUT2D eigenvalue weighted by Crippen LogP contribution is -2.40. The summed E-state index contributed by atoms with van der Waals surface area (Å²) in [6, 6.07) is 10.7. The van der Waals surface area contributed by atoms with Crippen molar-refractivity contribution in [2.45, 2.75) is 33.2 Å². The minimum atomic E-state index is 0.232. The lowest BCUT2D eigenvalue weighted by Gasteiger charge is -2.25. The third-order valence-electron chi connectivity index (χ3n) is 2.90. The van der Waals surface area contributed by atoms with Gasteiger partial charge in [0.1, 0.15) is 0 Å². The monoisotopic (exact) mass is 234 g/mol. The van der Waals surface area contributed by atoms with E-state index in [2.05, 4.69) is 49.9 Å². The van der Waals surface area contributed by atoms with Crippen LogP contribution in [0.3, 0.4) is 0 Å². The topological polar surface area (TPSA) is 29.3 Å². The lowest BCUT2D eigenvalue weighted by atomic mass is 10.1. The summed E-state index contributed by atoms with van der Waals surface area (Å²) < 4.78 is 0. The molecule has 0 amide bonds. The van der Waals surface area contributed by atoms with Crippen LogP contribution in [-0.4, -0.2) is 30.6 Å². The number of nitrogens with two attached hydrogens (primary N) is 1. The van der Waals surface area contributed by atoms with E-state index in [4.69, 9.17) is 5.73 Å². The van der Waals surface area contributed by atoms with Gasteiger partial charge in [-0.3, -0.25) is 0 Å². The van der Waals surface area contributed by atoms with Gasteiger partial charge in [-0.2, -0.15) is 0 Å². The summed E-state index contributed by atoms with van der Waals surface area (Å²) in [4.78, 5) is 2.44. The maximum Gasteiger partial charge on any atom is 0.0208 e. The van der Waals surface area contributed by atoms with Crippen molar-refractivity contribution in [2.75, 3.05) is 19.6 Å². The molecule has 1 atom stereocenters. The molecular weight excluding hydrogens is 208 g/mol. The van der Waals surface area contributed by atoms with Crippen LogP contribution < -0.4 is 5.73 Å². The van der Waals surface area contributed by atoms with E-state index in [0.29, 0.717) is 5.92 Å². The minimum Gasteiger partial charge on any atom is -0.326 e. The average Bonchev–Trinajstić information content (AvgIpc) is 2.28. The Morgan fingerprint density at radius 1 is 1.12 bits per heavy atom. The van der Waals surface area contributed by atoms with Crippen molar-refractivity contribution in [3.05, 3.63) is 35.9 Å². The first-order chi connectivity index (χ1) is 8.11. The van der Waals surface area contributed by atoms with Gasteiger partial charge in [-0.25, -0.2) is 0 Å². The molecule has 0 saturated carbocycles. The van der Waals surface area contributed by atoms with E-state index in [0.717, 1.165) is 26.1 Å². The number of rotatable bonds is 7. The predicted molar refractivity (Wildman–Crippen MR) is 75.1 cm³/mol. The van der Waals surface area contributed by atoms with E-state index in [9.17, 15) is 0 Å². The highest BCUT2D eigenvalue weighted by molar-refractivity contribution is 5.15. The molecule has 96 valence electrons. The molecule has 1 aromatic rings. The standard InChI is InChI=1S/C15H26N2/c1-4-17(11-13(2)3)12-15(16)10-14-8-6-5-7-9-14/h5-9,13,15H,4,10-12,16H2,1-3H3. The fraction of sp³-hybridized carbons (Fsp3) is 0.600. The average molecular weight is 234 g/mol. The SMILES string of the molecule is CCN(CC(C)C)CC(N)Cc1ccccc1. The van der Waals surface area contributed by atoms with Crippen LogP contribution in [0.1, 0.15) is 26.3 Å². The van der Waals surface area contributed by atoms with E-state index in [1.807, 2.05) is 6.07 Å². The van der Waals surface area contributed by atoms with Gasteiger partial charge in [0, 0.05) is 19.1 Å². The van der Waals surface area contributed by atoms with E-state index < -0.39 is 0 Å². The second-order valence-corrected chi connectivity index (χ2v) is 5.20. The van der Waals surface area contributed by atoms with Gasteiger partial charge in [-0.15, -0.1) is 0 Å². The van der Waals surface area contributed by atoms with Crippen LogP contribution in [0.2, 0.25) is 0 Å². The first kappa shape index (κ1) is 14.2. The molecule has 1 aromatic carbocycles. The molecule has 0 heterocycles. The molecule has 1 rings (SSSR count). The van der Waals surface area contributed by atoms with Crippen LogP contribution >= 0.6 is 0 Å². The van der Waals surface area contributed by atoms with Crippen molar-refractivity contribution in [2.24, 2.45) is 11.7 Å². The number of nitrogens with zero attached hydrogens (tertiary/aromatic N) is 1. The molecule has 0 aliphatic carbocycles. The molecular formula is C15H26N2. The number of hydrogen-bond donors (Lipinski definition) is 1. The van der Waals surface area contributed by atoms with Gasteiger partial charge in [0.15, 0.2) is 0 Å². The van der Waals surface area contributed by atoms with E-state index >= 15 is 0 Å². The molecule has 17 heavy (non-hydrogen) atoms. The molecule has 0 aliphatic heterocycles. The van der Waals surface area contributed by atoms with Crippen LogP contribution in [0.4, 0.5) is 0 Å². The fourth-order valence-electron chi connectivity index (χ4n) is 2.16. The summed E-state index contributed by atoms with van der Waals surface area (Å²) in [5, 5.41) is 0. The highest BCUT2D eigenvalue weighted by Crippen LogP contribution is 2.05. The molecule has 0 fully saturated rings. The summed E-state index contributed by atoms with van der Waals surface area (Å²) in [5.74, 6) is 0.707. The highest BCUT2D eigenvalue weighted by atomic mass is 15.1. The molecule has 2 heteroatoms. The van der Waals surface area contributed by atoms with Crippen molar-refractivity contribution in [3.63, 3.8) is 0 Å². The molecule has 0 bridgehead atoms. The molecule has 0 radical (unpaired) electrons. The zero-order valence-electron chi connectivity index (χ0n) is 11.4. The van der Waals surface area contributed by atoms with Crippen molar-refractivity contribution < 1.29 is 0 Å². The van der Waals surface area contributed by atoms with Crippen molar-refractivity contribution >= 4 is 0 Å². The summed E-state index contributed by atoms with van der Waals surface area (Å²) in [5.41, 5.74) is 7.55. The highest BCUT2D eigenvalue weighted by Gasteiger charge is 2.10. The van der Waals surface area contributed by atoms with Gasteiger partial charge in [0.2, 0.25) is 0 Å².